The van der Waals surface area contributed by atoms with Gasteiger partial charge in [0.25, 0.3) is 0 Å². The SMILES string of the molecule is CCCCCCCCCCCCCCCCCCNC(=O)Nc1ccc(C)cc1C. The number of carbonyl (C=O) groups excluding carboxylic acids is 1. The van der Waals surface area contributed by atoms with Gasteiger partial charge < -0.3 is 10.6 Å². The number of anilines is 1. The minimum absolute atomic E-state index is 0.0945. The molecule has 0 aliphatic rings. The summed E-state index contributed by atoms with van der Waals surface area (Å²) < 4.78 is 0. The van der Waals surface area contributed by atoms with Gasteiger partial charge in [-0.1, -0.05) is 121 Å². The second-order valence-electron chi connectivity index (χ2n) is 9.00. The average molecular weight is 417 g/mol. The molecule has 0 heterocycles. The van der Waals surface area contributed by atoms with Gasteiger partial charge in [-0.05, 0) is 31.9 Å². The zero-order valence-electron chi connectivity index (χ0n) is 20.2. The van der Waals surface area contributed by atoms with Crippen molar-refractivity contribution in [2.75, 3.05) is 11.9 Å². The van der Waals surface area contributed by atoms with Gasteiger partial charge in [-0.2, -0.15) is 0 Å². The quantitative estimate of drug-likeness (QED) is 0.231. The highest BCUT2D eigenvalue weighted by Crippen LogP contribution is 2.16. The number of amides is 2. The zero-order chi connectivity index (χ0) is 21.9. The highest BCUT2D eigenvalue weighted by Gasteiger charge is 2.03. The molecule has 30 heavy (non-hydrogen) atoms. The van der Waals surface area contributed by atoms with Gasteiger partial charge >= 0.3 is 6.03 Å². The molecule has 1 rings (SSSR count). The van der Waals surface area contributed by atoms with Crippen molar-refractivity contribution in [3.05, 3.63) is 29.3 Å². The predicted molar refractivity (Wildman–Crippen MR) is 132 cm³/mol. The summed E-state index contributed by atoms with van der Waals surface area (Å²) in [6.07, 6.45) is 21.9. The first-order chi connectivity index (χ1) is 14.6. The Hall–Kier alpha value is -1.51. The minimum Gasteiger partial charge on any atom is -0.338 e. The maximum atomic E-state index is 12.0. The molecule has 2 N–H and O–H groups in total. The highest BCUT2D eigenvalue weighted by atomic mass is 16.2. The van der Waals surface area contributed by atoms with Gasteiger partial charge in [0.15, 0.2) is 0 Å². The summed E-state index contributed by atoms with van der Waals surface area (Å²) in [7, 11) is 0. The molecule has 0 aromatic heterocycles. The maximum Gasteiger partial charge on any atom is 0.319 e. The molecule has 0 saturated heterocycles. The van der Waals surface area contributed by atoms with Crippen LogP contribution >= 0.6 is 0 Å². The lowest BCUT2D eigenvalue weighted by molar-refractivity contribution is 0.252. The van der Waals surface area contributed by atoms with Crippen LogP contribution in [0.1, 0.15) is 121 Å². The fourth-order valence-corrected chi connectivity index (χ4v) is 4.00. The number of rotatable bonds is 18. The number of urea groups is 1. The van der Waals surface area contributed by atoms with Crippen LogP contribution in [0.15, 0.2) is 18.2 Å². The van der Waals surface area contributed by atoms with Gasteiger partial charge in [0.2, 0.25) is 0 Å². The molecule has 0 saturated carbocycles. The van der Waals surface area contributed by atoms with Crippen LogP contribution in [0.4, 0.5) is 10.5 Å². The minimum atomic E-state index is -0.0945. The molecule has 0 unspecified atom stereocenters. The summed E-state index contributed by atoms with van der Waals surface area (Å²) in [5.41, 5.74) is 3.21. The lowest BCUT2D eigenvalue weighted by Crippen LogP contribution is -2.29. The fraction of sp³-hybridized carbons (Fsp3) is 0.741. The Kier molecular flexibility index (Phi) is 16.2. The van der Waals surface area contributed by atoms with E-state index < -0.39 is 0 Å². The van der Waals surface area contributed by atoms with Gasteiger partial charge in [0, 0.05) is 12.2 Å². The van der Waals surface area contributed by atoms with Gasteiger partial charge in [0.1, 0.15) is 0 Å². The number of hydrogen-bond acceptors (Lipinski definition) is 1. The highest BCUT2D eigenvalue weighted by molar-refractivity contribution is 5.90. The smallest absolute Gasteiger partial charge is 0.319 e. The Balaban J connectivity index is 1.82. The molecule has 0 fully saturated rings. The number of nitrogens with one attached hydrogen (secondary N) is 2. The Morgan fingerprint density at radius 1 is 0.700 bits per heavy atom. The second kappa shape index (κ2) is 18.3. The van der Waals surface area contributed by atoms with E-state index >= 15 is 0 Å². The molecule has 0 radical (unpaired) electrons. The first-order valence-corrected chi connectivity index (χ1v) is 12.8. The van der Waals surface area contributed by atoms with Gasteiger partial charge in [-0.3, -0.25) is 0 Å². The third-order valence-electron chi connectivity index (χ3n) is 5.95. The molecule has 3 nitrogen and oxygen atoms in total. The fourth-order valence-electron chi connectivity index (χ4n) is 4.00. The molecule has 0 aliphatic carbocycles. The van der Waals surface area contributed by atoms with Crippen LogP contribution in [0, 0.1) is 13.8 Å². The Morgan fingerprint density at radius 2 is 1.17 bits per heavy atom. The third kappa shape index (κ3) is 14.5. The van der Waals surface area contributed by atoms with Crippen molar-refractivity contribution in [1.82, 2.24) is 5.32 Å². The summed E-state index contributed by atoms with van der Waals surface area (Å²) in [6, 6.07) is 5.99. The Bertz CT molecular complexity index is 556. The number of unbranched alkanes of at least 4 members (excludes halogenated alkanes) is 15. The van der Waals surface area contributed by atoms with Crippen LogP contribution in [-0.4, -0.2) is 12.6 Å². The first-order valence-electron chi connectivity index (χ1n) is 12.8. The van der Waals surface area contributed by atoms with E-state index in [1.54, 1.807) is 0 Å². The van der Waals surface area contributed by atoms with Crippen LogP contribution in [0.5, 0.6) is 0 Å². The zero-order valence-corrected chi connectivity index (χ0v) is 20.2. The molecule has 1 aromatic carbocycles. The van der Waals surface area contributed by atoms with Crippen molar-refractivity contribution in [2.24, 2.45) is 0 Å². The Labute approximate surface area is 186 Å². The molecule has 1 aromatic rings. The van der Waals surface area contributed by atoms with Crippen molar-refractivity contribution in [3.8, 4) is 0 Å². The molecule has 0 atom stereocenters. The van der Waals surface area contributed by atoms with Crippen LogP contribution < -0.4 is 10.6 Å². The summed E-state index contributed by atoms with van der Waals surface area (Å²) in [5, 5.41) is 5.91. The maximum absolute atomic E-state index is 12.0. The third-order valence-corrected chi connectivity index (χ3v) is 5.95. The van der Waals surface area contributed by atoms with Gasteiger partial charge in [-0.15, -0.1) is 0 Å². The van der Waals surface area contributed by atoms with E-state index in [0.717, 1.165) is 24.2 Å². The lowest BCUT2D eigenvalue weighted by Gasteiger charge is -2.10. The molecule has 0 aliphatic heterocycles. The van der Waals surface area contributed by atoms with Crippen LogP contribution in [0.3, 0.4) is 0 Å². The van der Waals surface area contributed by atoms with Crippen LogP contribution in [0.2, 0.25) is 0 Å². The van der Waals surface area contributed by atoms with E-state index in [2.05, 4.69) is 30.5 Å². The summed E-state index contributed by atoms with van der Waals surface area (Å²) in [4.78, 5) is 12.0. The summed E-state index contributed by atoms with van der Waals surface area (Å²) in [5.74, 6) is 0. The van der Waals surface area contributed by atoms with E-state index in [1.807, 2.05) is 19.1 Å². The van der Waals surface area contributed by atoms with E-state index in [0.29, 0.717) is 0 Å². The van der Waals surface area contributed by atoms with Crippen molar-refractivity contribution >= 4 is 11.7 Å². The van der Waals surface area contributed by atoms with Crippen LogP contribution in [0.25, 0.3) is 0 Å². The van der Waals surface area contributed by atoms with E-state index in [1.165, 1.54) is 102 Å². The van der Waals surface area contributed by atoms with Gasteiger partial charge in [-0.25, -0.2) is 4.79 Å². The summed E-state index contributed by atoms with van der Waals surface area (Å²) in [6.45, 7) is 7.13. The number of benzene rings is 1. The molecule has 0 spiro atoms. The normalized spacial score (nSPS) is 10.9. The van der Waals surface area contributed by atoms with E-state index in [-0.39, 0.29) is 6.03 Å². The topological polar surface area (TPSA) is 41.1 Å². The molecular formula is C27H48N2O. The number of aryl methyl sites for hydroxylation is 2. The monoisotopic (exact) mass is 416 g/mol. The van der Waals surface area contributed by atoms with E-state index in [9.17, 15) is 4.79 Å². The largest absolute Gasteiger partial charge is 0.338 e. The average Bonchev–Trinajstić information content (AvgIpc) is 2.72. The molecule has 172 valence electrons. The molecule has 0 bridgehead atoms. The second-order valence-corrected chi connectivity index (χ2v) is 9.00. The van der Waals surface area contributed by atoms with Crippen LogP contribution in [-0.2, 0) is 0 Å². The predicted octanol–water partition coefficient (Wildman–Crippen LogP) is 8.69. The van der Waals surface area contributed by atoms with Crippen molar-refractivity contribution in [2.45, 2.75) is 124 Å². The van der Waals surface area contributed by atoms with Crippen molar-refractivity contribution in [1.29, 1.82) is 0 Å². The number of hydrogen-bond donors (Lipinski definition) is 2. The van der Waals surface area contributed by atoms with Crippen molar-refractivity contribution in [3.63, 3.8) is 0 Å². The number of carbonyl (C=O) groups is 1. The summed E-state index contributed by atoms with van der Waals surface area (Å²) >= 11 is 0. The Morgan fingerprint density at radius 3 is 1.63 bits per heavy atom. The first kappa shape index (κ1) is 26.5. The molecule has 2 amide bonds. The standard InChI is InChI=1S/C27H48N2O/c1-4-5-6-7-8-9-10-11-12-13-14-15-16-17-18-19-22-28-27(30)29-26-21-20-24(2)23-25(26)3/h20-21,23H,4-19,22H2,1-3H3,(H2,28,29,30). The van der Waals surface area contributed by atoms with E-state index in [4.69, 9.17) is 0 Å². The lowest BCUT2D eigenvalue weighted by atomic mass is 10.0. The molecule has 3 heteroatoms. The van der Waals surface area contributed by atoms with Crippen molar-refractivity contribution < 1.29 is 4.79 Å². The van der Waals surface area contributed by atoms with Gasteiger partial charge in [0.05, 0.1) is 0 Å². The molecular weight excluding hydrogens is 368 g/mol.